The first-order valence-electron chi connectivity index (χ1n) is 13.9. The SMILES string of the molecule is CC1CC(C)CN(CCCNC(=O)c2ccc3c(c2)N(NCc2ccccc2F)C(=O)c2ccccc2S3(=O)=O)C1. The van der Waals surface area contributed by atoms with Crippen LogP contribution in [-0.2, 0) is 16.4 Å². The number of rotatable bonds is 8. The van der Waals surface area contributed by atoms with Crippen LogP contribution in [0.5, 0.6) is 0 Å². The van der Waals surface area contributed by atoms with Gasteiger partial charge in [0, 0.05) is 37.3 Å². The first-order valence-corrected chi connectivity index (χ1v) is 15.4. The van der Waals surface area contributed by atoms with Crippen molar-refractivity contribution in [2.45, 2.75) is 43.0 Å². The monoisotopic (exact) mass is 578 g/mol. The Bertz CT molecular complexity index is 1550. The highest BCUT2D eigenvalue weighted by molar-refractivity contribution is 7.91. The summed E-state index contributed by atoms with van der Waals surface area (Å²) in [5.41, 5.74) is 3.41. The third-order valence-corrected chi connectivity index (χ3v) is 9.49. The van der Waals surface area contributed by atoms with Crippen LogP contribution in [0, 0.1) is 17.7 Å². The van der Waals surface area contributed by atoms with Gasteiger partial charge in [-0.1, -0.05) is 44.2 Å². The van der Waals surface area contributed by atoms with Gasteiger partial charge < -0.3 is 10.2 Å². The number of hydrazine groups is 1. The molecule has 0 aliphatic carbocycles. The molecule has 0 aromatic heterocycles. The molecule has 2 aliphatic rings. The molecule has 0 bridgehead atoms. The number of hydrogen-bond acceptors (Lipinski definition) is 6. The van der Waals surface area contributed by atoms with Gasteiger partial charge in [0.05, 0.1) is 21.0 Å². The summed E-state index contributed by atoms with van der Waals surface area (Å²) in [6.45, 7) is 7.92. The zero-order valence-electron chi connectivity index (χ0n) is 23.3. The van der Waals surface area contributed by atoms with Crippen LogP contribution in [0.4, 0.5) is 10.1 Å². The molecule has 3 aromatic carbocycles. The van der Waals surface area contributed by atoms with Crippen molar-refractivity contribution in [2.24, 2.45) is 11.8 Å². The largest absolute Gasteiger partial charge is 0.352 e. The lowest BCUT2D eigenvalue weighted by molar-refractivity contribution is 0.0942. The molecule has 8 nitrogen and oxygen atoms in total. The van der Waals surface area contributed by atoms with Gasteiger partial charge in [-0.25, -0.2) is 23.2 Å². The smallest absolute Gasteiger partial charge is 0.274 e. The number of fused-ring (bicyclic) bond motifs is 2. The van der Waals surface area contributed by atoms with E-state index in [9.17, 15) is 22.4 Å². The van der Waals surface area contributed by atoms with E-state index >= 15 is 0 Å². The van der Waals surface area contributed by atoms with Crippen molar-refractivity contribution in [3.05, 3.63) is 89.2 Å². The number of anilines is 1. The standard InChI is InChI=1S/C31H35FN4O4S/c1-21-16-22(2)20-35(19-21)15-7-14-33-30(37)23-12-13-29-27(17-23)36(34-18-24-8-3-5-10-26(24)32)31(38)25-9-4-6-11-28(25)41(29,39)40/h3-6,8-13,17,21-22,34H,7,14-16,18-20H2,1-2H3,(H,33,37). The molecule has 2 atom stereocenters. The summed E-state index contributed by atoms with van der Waals surface area (Å²) in [4.78, 5) is 29.0. The van der Waals surface area contributed by atoms with Gasteiger partial charge in [0.15, 0.2) is 0 Å². The van der Waals surface area contributed by atoms with E-state index in [0.29, 0.717) is 23.9 Å². The van der Waals surface area contributed by atoms with Crippen LogP contribution in [0.3, 0.4) is 0 Å². The predicted molar refractivity (Wildman–Crippen MR) is 155 cm³/mol. The Morgan fingerprint density at radius 1 is 0.976 bits per heavy atom. The summed E-state index contributed by atoms with van der Waals surface area (Å²) in [6.07, 6.45) is 2.02. The molecule has 216 valence electrons. The number of hydrogen-bond donors (Lipinski definition) is 2. The topological polar surface area (TPSA) is 98.8 Å². The number of likely N-dealkylation sites (tertiary alicyclic amines) is 1. The number of benzene rings is 3. The average Bonchev–Trinajstić information content (AvgIpc) is 3.01. The maximum atomic E-state index is 14.4. The average molecular weight is 579 g/mol. The van der Waals surface area contributed by atoms with Crippen molar-refractivity contribution in [1.82, 2.24) is 15.6 Å². The molecule has 2 amide bonds. The number of nitrogens with zero attached hydrogens (tertiary/aromatic N) is 2. The number of nitrogens with one attached hydrogen (secondary N) is 2. The van der Waals surface area contributed by atoms with Crippen molar-refractivity contribution < 1.29 is 22.4 Å². The van der Waals surface area contributed by atoms with Crippen molar-refractivity contribution in [3.63, 3.8) is 0 Å². The number of amides is 2. The van der Waals surface area contributed by atoms with E-state index in [4.69, 9.17) is 0 Å². The Balaban J connectivity index is 1.39. The molecule has 10 heteroatoms. The second-order valence-corrected chi connectivity index (χ2v) is 13.0. The van der Waals surface area contributed by atoms with Crippen LogP contribution >= 0.6 is 0 Å². The summed E-state index contributed by atoms with van der Waals surface area (Å²) in [6, 6.07) is 16.3. The highest BCUT2D eigenvalue weighted by Crippen LogP contribution is 2.37. The minimum Gasteiger partial charge on any atom is -0.352 e. The zero-order valence-corrected chi connectivity index (χ0v) is 24.1. The maximum absolute atomic E-state index is 14.4. The number of piperidine rings is 1. The lowest BCUT2D eigenvalue weighted by atomic mass is 9.92. The molecule has 1 fully saturated rings. The number of carbonyl (C=O) groups is 2. The molecule has 0 spiro atoms. The summed E-state index contributed by atoms with van der Waals surface area (Å²) in [5, 5.41) is 4.02. The Labute approximate surface area is 240 Å². The van der Waals surface area contributed by atoms with Gasteiger partial charge in [0.25, 0.3) is 11.8 Å². The van der Waals surface area contributed by atoms with Gasteiger partial charge in [0.1, 0.15) is 5.82 Å². The molecule has 2 heterocycles. The van der Waals surface area contributed by atoms with Crippen molar-refractivity contribution in [2.75, 3.05) is 31.2 Å². The third-order valence-electron chi connectivity index (χ3n) is 7.63. The van der Waals surface area contributed by atoms with E-state index < -0.39 is 21.6 Å². The van der Waals surface area contributed by atoms with Gasteiger partial charge in [-0.3, -0.25) is 9.59 Å². The lowest BCUT2D eigenvalue weighted by Crippen LogP contribution is -2.43. The molecule has 3 aromatic rings. The molecular formula is C31H35FN4O4S. The molecule has 2 unspecified atom stereocenters. The van der Waals surface area contributed by atoms with Gasteiger partial charge >= 0.3 is 0 Å². The second-order valence-electron chi connectivity index (χ2n) is 11.1. The van der Waals surface area contributed by atoms with Crippen molar-refractivity contribution >= 4 is 27.3 Å². The van der Waals surface area contributed by atoms with E-state index in [0.717, 1.165) is 31.1 Å². The van der Waals surface area contributed by atoms with Gasteiger partial charge in [-0.05, 0) is 67.6 Å². The molecule has 41 heavy (non-hydrogen) atoms. The van der Waals surface area contributed by atoms with Crippen LogP contribution in [0.25, 0.3) is 0 Å². The molecule has 1 saturated heterocycles. The van der Waals surface area contributed by atoms with Crippen molar-refractivity contribution in [3.8, 4) is 0 Å². The Morgan fingerprint density at radius 2 is 1.68 bits per heavy atom. The molecular weight excluding hydrogens is 543 g/mol. The minimum absolute atomic E-state index is 0.00600. The van der Waals surface area contributed by atoms with Crippen LogP contribution in [0.1, 0.15) is 53.0 Å². The quantitative estimate of drug-likeness (QED) is 0.384. The van der Waals surface area contributed by atoms with E-state index in [-0.39, 0.29) is 39.1 Å². The molecule has 0 saturated carbocycles. The Morgan fingerprint density at radius 3 is 2.44 bits per heavy atom. The highest BCUT2D eigenvalue weighted by Gasteiger charge is 2.36. The van der Waals surface area contributed by atoms with Crippen LogP contribution < -0.4 is 15.8 Å². The molecule has 0 radical (unpaired) electrons. The van der Waals surface area contributed by atoms with E-state index in [1.165, 1.54) is 42.8 Å². The Kier molecular flexibility index (Phi) is 8.53. The number of carbonyl (C=O) groups excluding carboxylic acids is 2. The van der Waals surface area contributed by atoms with Gasteiger partial charge in [-0.15, -0.1) is 0 Å². The number of halogens is 1. The Hall–Kier alpha value is -3.60. The van der Waals surface area contributed by atoms with E-state index in [2.05, 4.69) is 29.5 Å². The fourth-order valence-corrected chi connectivity index (χ4v) is 7.44. The fraction of sp³-hybridized carbons (Fsp3) is 0.355. The summed E-state index contributed by atoms with van der Waals surface area (Å²) in [7, 11) is -4.09. The lowest BCUT2D eigenvalue weighted by Gasteiger charge is -2.34. The molecule has 5 rings (SSSR count). The van der Waals surface area contributed by atoms with E-state index in [1.54, 1.807) is 30.3 Å². The van der Waals surface area contributed by atoms with Gasteiger partial charge in [0.2, 0.25) is 9.84 Å². The van der Waals surface area contributed by atoms with Gasteiger partial charge in [-0.2, -0.15) is 0 Å². The van der Waals surface area contributed by atoms with Crippen molar-refractivity contribution in [1.29, 1.82) is 0 Å². The number of sulfone groups is 1. The highest BCUT2D eigenvalue weighted by atomic mass is 32.2. The zero-order chi connectivity index (χ0) is 29.1. The normalized spacial score (nSPS) is 20.2. The molecule has 2 N–H and O–H groups in total. The fourth-order valence-electron chi connectivity index (χ4n) is 5.83. The van der Waals surface area contributed by atoms with Crippen LogP contribution in [-0.4, -0.2) is 51.3 Å². The summed E-state index contributed by atoms with van der Waals surface area (Å²) in [5.74, 6) is -0.131. The van der Waals surface area contributed by atoms with E-state index in [1.807, 2.05) is 0 Å². The predicted octanol–water partition coefficient (Wildman–Crippen LogP) is 4.42. The third kappa shape index (κ3) is 6.19. The maximum Gasteiger partial charge on any atom is 0.274 e. The first-order chi connectivity index (χ1) is 19.6. The second kappa shape index (κ2) is 12.1. The first kappa shape index (κ1) is 28.9. The summed E-state index contributed by atoms with van der Waals surface area (Å²) >= 11 is 0. The van der Waals surface area contributed by atoms with Crippen LogP contribution in [0.15, 0.2) is 76.5 Å². The minimum atomic E-state index is -4.09. The summed E-state index contributed by atoms with van der Waals surface area (Å²) < 4.78 is 41.7. The van der Waals surface area contributed by atoms with Crippen LogP contribution in [0.2, 0.25) is 0 Å². The molecule has 2 aliphatic heterocycles.